The van der Waals surface area contributed by atoms with Gasteiger partial charge >= 0.3 is 0 Å². The maximum Gasteiger partial charge on any atom is 0.181 e. The first-order valence-corrected chi connectivity index (χ1v) is 6.09. The molecule has 20 heavy (non-hydrogen) atoms. The van der Waals surface area contributed by atoms with Crippen LogP contribution >= 0.6 is 0 Å². The van der Waals surface area contributed by atoms with E-state index in [0.717, 1.165) is 5.82 Å². The molecule has 1 aromatic carbocycles. The fourth-order valence-electron chi connectivity index (χ4n) is 1.79. The summed E-state index contributed by atoms with van der Waals surface area (Å²) in [7, 11) is 3.38. The second-order valence-electron chi connectivity index (χ2n) is 4.22. The lowest BCUT2D eigenvalue weighted by Gasteiger charge is -2.07. The third-order valence-corrected chi connectivity index (χ3v) is 2.93. The quantitative estimate of drug-likeness (QED) is 0.687. The van der Waals surface area contributed by atoms with Gasteiger partial charge in [-0.25, -0.2) is 9.37 Å². The van der Waals surface area contributed by atoms with Crippen LogP contribution in [0.2, 0.25) is 0 Å². The Morgan fingerprint density at radius 1 is 1.50 bits per heavy atom. The van der Waals surface area contributed by atoms with Crippen molar-refractivity contribution in [2.45, 2.75) is 6.92 Å². The van der Waals surface area contributed by atoms with Gasteiger partial charge in [-0.05, 0) is 25.3 Å². The summed E-state index contributed by atoms with van der Waals surface area (Å²) in [6.45, 7) is 5.39. The van der Waals surface area contributed by atoms with Crippen molar-refractivity contribution in [1.29, 1.82) is 0 Å². The lowest BCUT2D eigenvalue weighted by atomic mass is 10.1. The molecule has 5 nitrogen and oxygen atoms in total. The largest absolute Gasteiger partial charge is 0.347 e. The van der Waals surface area contributed by atoms with E-state index >= 15 is 0 Å². The van der Waals surface area contributed by atoms with E-state index in [-0.39, 0.29) is 5.82 Å². The summed E-state index contributed by atoms with van der Waals surface area (Å²) in [4.78, 5) is 8.26. The molecule has 0 aliphatic carbocycles. The van der Waals surface area contributed by atoms with Crippen molar-refractivity contribution in [3.8, 4) is 11.4 Å². The molecule has 0 spiro atoms. The second kappa shape index (κ2) is 5.64. The Morgan fingerprint density at radius 2 is 2.25 bits per heavy atom. The minimum Gasteiger partial charge on any atom is -0.347 e. The fourth-order valence-corrected chi connectivity index (χ4v) is 1.79. The first-order chi connectivity index (χ1) is 9.56. The standard InChI is InChI=1S/C14H16FN5/c1-5-17-14(16-3)11-7-6-10(8-12(11)15)13-18-9(2)20(4)19-13/h5-8H,1H2,2-4H3,(H,16,17). The first kappa shape index (κ1) is 13.9. The van der Waals surface area contributed by atoms with E-state index in [1.165, 1.54) is 12.3 Å². The molecule has 1 heterocycles. The van der Waals surface area contributed by atoms with Gasteiger partial charge < -0.3 is 5.32 Å². The molecular formula is C14H16FN5. The van der Waals surface area contributed by atoms with Crippen LogP contribution in [-0.2, 0) is 7.05 Å². The van der Waals surface area contributed by atoms with E-state index in [2.05, 4.69) is 27.0 Å². The van der Waals surface area contributed by atoms with Gasteiger partial charge in [-0.3, -0.25) is 9.67 Å². The molecule has 0 saturated heterocycles. The number of aliphatic imine (C=N–C) groups is 1. The van der Waals surface area contributed by atoms with Crippen LogP contribution in [0, 0.1) is 12.7 Å². The molecule has 2 rings (SSSR count). The van der Waals surface area contributed by atoms with Crippen LogP contribution in [-0.4, -0.2) is 27.6 Å². The maximum atomic E-state index is 14.2. The van der Waals surface area contributed by atoms with E-state index < -0.39 is 0 Å². The Hall–Kier alpha value is -2.50. The third-order valence-electron chi connectivity index (χ3n) is 2.93. The molecule has 2 aromatic rings. The molecule has 0 fully saturated rings. The van der Waals surface area contributed by atoms with Crippen molar-refractivity contribution < 1.29 is 4.39 Å². The van der Waals surface area contributed by atoms with Crippen molar-refractivity contribution in [2.24, 2.45) is 12.0 Å². The fraction of sp³-hybridized carbons (Fsp3) is 0.214. The van der Waals surface area contributed by atoms with Crippen LogP contribution in [0.15, 0.2) is 36.0 Å². The number of amidine groups is 1. The lowest BCUT2D eigenvalue weighted by molar-refractivity contribution is 0.624. The predicted molar refractivity (Wildman–Crippen MR) is 76.9 cm³/mol. The van der Waals surface area contributed by atoms with Crippen molar-refractivity contribution in [3.63, 3.8) is 0 Å². The van der Waals surface area contributed by atoms with Gasteiger partial charge in [0.05, 0.1) is 5.56 Å². The molecule has 0 amide bonds. The number of nitrogens with zero attached hydrogens (tertiary/aromatic N) is 4. The first-order valence-electron chi connectivity index (χ1n) is 6.09. The zero-order chi connectivity index (χ0) is 14.7. The Labute approximate surface area is 116 Å². The summed E-state index contributed by atoms with van der Waals surface area (Å²) in [6, 6.07) is 4.82. The SMILES string of the molecule is C=CNC(=NC)c1ccc(-c2nc(C)n(C)n2)cc1F. The zero-order valence-electron chi connectivity index (χ0n) is 11.7. The summed E-state index contributed by atoms with van der Waals surface area (Å²) in [6.07, 6.45) is 1.46. The van der Waals surface area contributed by atoms with E-state index in [1.807, 2.05) is 6.92 Å². The van der Waals surface area contributed by atoms with Gasteiger partial charge in [-0.2, -0.15) is 5.10 Å². The third kappa shape index (κ3) is 2.59. The van der Waals surface area contributed by atoms with Gasteiger partial charge in [0.2, 0.25) is 0 Å². The summed E-state index contributed by atoms with van der Waals surface area (Å²) in [5.74, 6) is 1.31. The van der Waals surface area contributed by atoms with Gasteiger partial charge in [0, 0.05) is 19.7 Å². The summed E-state index contributed by atoms with van der Waals surface area (Å²) in [5, 5.41) is 7.03. The Kier molecular flexibility index (Phi) is 3.93. The van der Waals surface area contributed by atoms with Gasteiger partial charge in [-0.15, -0.1) is 0 Å². The average molecular weight is 273 g/mol. The Bertz CT molecular complexity index is 653. The number of benzene rings is 1. The highest BCUT2D eigenvalue weighted by atomic mass is 19.1. The van der Waals surface area contributed by atoms with Crippen molar-refractivity contribution in [1.82, 2.24) is 20.1 Å². The van der Waals surface area contributed by atoms with Gasteiger partial charge in [0.15, 0.2) is 5.82 Å². The summed E-state index contributed by atoms with van der Waals surface area (Å²) in [5.41, 5.74) is 1.01. The number of hydrogen-bond acceptors (Lipinski definition) is 3. The zero-order valence-corrected chi connectivity index (χ0v) is 11.7. The number of rotatable bonds is 3. The lowest BCUT2D eigenvalue weighted by Crippen LogP contribution is -2.19. The molecule has 6 heteroatoms. The van der Waals surface area contributed by atoms with Crippen molar-refractivity contribution in [2.75, 3.05) is 7.05 Å². The van der Waals surface area contributed by atoms with Gasteiger partial charge in [0.25, 0.3) is 0 Å². The van der Waals surface area contributed by atoms with Gasteiger partial charge in [-0.1, -0.05) is 12.6 Å². The number of hydrogen-bond donors (Lipinski definition) is 1. The summed E-state index contributed by atoms with van der Waals surface area (Å²) < 4.78 is 15.8. The molecule has 0 atom stereocenters. The second-order valence-corrected chi connectivity index (χ2v) is 4.22. The molecule has 0 aliphatic heterocycles. The van der Waals surface area contributed by atoms with Crippen molar-refractivity contribution in [3.05, 3.63) is 48.2 Å². The average Bonchev–Trinajstić information content (AvgIpc) is 2.76. The highest BCUT2D eigenvalue weighted by Gasteiger charge is 2.12. The van der Waals surface area contributed by atoms with Gasteiger partial charge in [0.1, 0.15) is 17.5 Å². The van der Waals surface area contributed by atoms with E-state index in [9.17, 15) is 4.39 Å². The smallest absolute Gasteiger partial charge is 0.181 e. The van der Waals surface area contributed by atoms with E-state index in [4.69, 9.17) is 0 Å². The number of aryl methyl sites for hydroxylation is 2. The van der Waals surface area contributed by atoms with Crippen LogP contribution in [0.25, 0.3) is 11.4 Å². The molecule has 0 unspecified atom stereocenters. The van der Waals surface area contributed by atoms with Crippen LogP contribution in [0.5, 0.6) is 0 Å². The molecular weight excluding hydrogens is 257 g/mol. The molecule has 0 saturated carbocycles. The topological polar surface area (TPSA) is 55.1 Å². The molecule has 104 valence electrons. The monoisotopic (exact) mass is 273 g/mol. The number of halogens is 1. The molecule has 0 bridgehead atoms. The summed E-state index contributed by atoms with van der Waals surface area (Å²) >= 11 is 0. The minimum absolute atomic E-state index is 0.379. The van der Waals surface area contributed by atoms with Crippen LogP contribution in [0.3, 0.4) is 0 Å². The highest BCUT2D eigenvalue weighted by molar-refractivity contribution is 5.99. The molecule has 0 radical (unpaired) electrons. The Balaban J connectivity index is 2.41. The van der Waals surface area contributed by atoms with Crippen molar-refractivity contribution >= 4 is 5.84 Å². The Morgan fingerprint density at radius 3 is 2.75 bits per heavy atom. The predicted octanol–water partition coefficient (Wildman–Crippen LogP) is 2.04. The minimum atomic E-state index is -0.387. The normalized spacial score (nSPS) is 11.5. The van der Waals surface area contributed by atoms with E-state index in [1.54, 1.807) is 30.9 Å². The van der Waals surface area contributed by atoms with E-state index in [0.29, 0.717) is 22.8 Å². The molecule has 0 aliphatic rings. The maximum absolute atomic E-state index is 14.2. The number of nitrogens with one attached hydrogen (secondary N) is 1. The molecule has 1 N–H and O–H groups in total. The number of aromatic nitrogens is 3. The van der Waals surface area contributed by atoms with Crippen LogP contribution in [0.4, 0.5) is 4.39 Å². The van der Waals surface area contributed by atoms with Crippen LogP contribution < -0.4 is 5.32 Å². The van der Waals surface area contributed by atoms with Crippen LogP contribution in [0.1, 0.15) is 11.4 Å². The highest BCUT2D eigenvalue weighted by Crippen LogP contribution is 2.19. The molecule has 1 aromatic heterocycles.